The Morgan fingerprint density at radius 1 is 1.10 bits per heavy atom. The monoisotopic (exact) mass is 426 g/mol. The van der Waals surface area contributed by atoms with Crippen molar-refractivity contribution < 1.29 is 19.0 Å². The number of H-pyrrole nitrogens is 1. The van der Waals surface area contributed by atoms with Gasteiger partial charge in [-0.3, -0.25) is 0 Å². The van der Waals surface area contributed by atoms with E-state index in [-0.39, 0.29) is 5.97 Å². The maximum absolute atomic E-state index is 12.7. The maximum atomic E-state index is 12.7. The minimum Gasteiger partial charge on any atom is -0.497 e. The van der Waals surface area contributed by atoms with Crippen LogP contribution in [0.2, 0.25) is 0 Å². The molecule has 0 amide bonds. The van der Waals surface area contributed by atoms with Gasteiger partial charge in [0.2, 0.25) is 0 Å². The highest BCUT2D eigenvalue weighted by Gasteiger charge is 2.17. The third-order valence-electron chi connectivity index (χ3n) is 5.27. The molecule has 0 atom stereocenters. The fourth-order valence-electron chi connectivity index (χ4n) is 3.50. The van der Waals surface area contributed by atoms with Crippen LogP contribution >= 0.6 is 0 Å². The van der Waals surface area contributed by atoms with Crippen LogP contribution in [0.15, 0.2) is 36.5 Å². The zero-order chi connectivity index (χ0) is 22.8. The molecule has 1 aromatic carbocycles. The van der Waals surface area contributed by atoms with Crippen molar-refractivity contribution in [1.82, 2.24) is 10.3 Å². The molecule has 1 aromatic heterocycles. The van der Waals surface area contributed by atoms with Crippen molar-refractivity contribution in [3.05, 3.63) is 70.0 Å². The van der Waals surface area contributed by atoms with Crippen LogP contribution in [0.3, 0.4) is 0 Å². The largest absolute Gasteiger partial charge is 0.497 e. The van der Waals surface area contributed by atoms with E-state index in [2.05, 4.69) is 29.4 Å². The summed E-state index contributed by atoms with van der Waals surface area (Å²) < 4.78 is 16.3. The zero-order valence-electron chi connectivity index (χ0n) is 19.4. The summed E-state index contributed by atoms with van der Waals surface area (Å²) in [6.07, 6.45) is 2.64. The molecule has 0 saturated heterocycles. The number of ether oxygens (including phenoxy) is 3. The van der Waals surface area contributed by atoms with Crippen molar-refractivity contribution in [2.24, 2.45) is 0 Å². The summed E-state index contributed by atoms with van der Waals surface area (Å²) in [6.45, 7) is 9.35. The van der Waals surface area contributed by atoms with Gasteiger partial charge >= 0.3 is 5.97 Å². The molecule has 1 heterocycles. The van der Waals surface area contributed by atoms with Gasteiger partial charge in [-0.05, 0) is 81.6 Å². The summed E-state index contributed by atoms with van der Waals surface area (Å²) in [7, 11) is 3.32. The highest BCUT2D eigenvalue weighted by atomic mass is 16.5. The van der Waals surface area contributed by atoms with Crippen LogP contribution < -0.4 is 14.8 Å². The first kappa shape index (κ1) is 24.3. The molecule has 0 spiro atoms. The average Bonchev–Trinajstić information content (AvgIpc) is 2.81. The van der Waals surface area contributed by atoms with E-state index in [0.29, 0.717) is 24.5 Å². The van der Waals surface area contributed by atoms with E-state index in [1.54, 1.807) is 27.3 Å². The number of aromatic amines is 1. The van der Waals surface area contributed by atoms with Gasteiger partial charge in [-0.15, -0.1) is 0 Å². The van der Waals surface area contributed by atoms with E-state index in [0.717, 1.165) is 35.5 Å². The lowest BCUT2D eigenvalue weighted by Crippen LogP contribution is -2.19. The van der Waals surface area contributed by atoms with E-state index in [1.807, 2.05) is 32.0 Å². The van der Waals surface area contributed by atoms with E-state index in [1.165, 1.54) is 11.1 Å². The van der Waals surface area contributed by atoms with Crippen LogP contribution in [-0.2, 0) is 17.7 Å². The van der Waals surface area contributed by atoms with Crippen LogP contribution in [0.4, 0.5) is 0 Å². The van der Waals surface area contributed by atoms with Gasteiger partial charge in [-0.1, -0.05) is 6.07 Å². The number of nitrogens with one attached hydrogen (secondary N) is 2. The van der Waals surface area contributed by atoms with Crippen molar-refractivity contribution in [3.8, 4) is 11.5 Å². The lowest BCUT2D eigenvalue weighted by Gasteiger charge is -2.14. The third-order valence-corrected chi connectivity index (χ3v) is 5.27. The van der Waals surface area contributed by atoms with Gasteiger partial charge < -0.3 is 24.5 Å². The van der Waals surface area contributed by atoms with Crippen molar-refractivity contribution >= 4 is 5.97 Å². The third kappa shape index (κ3) is 6.49. The Hall–Kier alpha value is -2.99. The van der Waals surface area contributed by atoms with E-state index in [9.17, 15) is 4.79 Å². The van der Waals surface area contributed by atoms with Gasteiger partial charge in [0, 0.05) is 24.0 Å². The topological polar surface area (TPSA) is 72.6 Å². The number of carbonyl (C=O) groups is 1. The number of aromatic nitrogens is 1. The van der Waals surface area contributed by atoms with Gasteiger partial charge in [0.05, 0.1) is 26.4 Å². The summed E-state index contributed by atoms with van der Waals surface area (Å²) in [5.41, 5.74) is 5.48. The van der Waals surface area contributed by atoms with Crippen molar-refractivity contribution in [1.29, 1.82) is 0 Å². The highest BCUT2D eigenvalue weighted by molar-refractivity contribution is 5.92. The van der Waals surface area contributed by atoms with Gasteiger partial charge in [0.1, 0.15) is 11.5 Å². The van der Waals surface area contributed by atoms with Crippen molar-refractivity contribution in [2.45, 2.75) is 40.7 Å². The predicted molar refractivity (Wildman–Crippen MR) is 124 cm³/mol. The second-order valence-corrected chi connectivity index (χ2v) is 7.28. The maximum Gasteiger partial charge on any atom is 0.340 e. The Morgan fingerprint density at radius 3 is 2.55 bits per heavy atom. The molecule has 6 heteroatoms. The highest BCUT2D eigenvalue weighted by Crippen LogP contribution is 2.24. The average molecular weight is 427 g/mol. The van der Waals surface area contributed by atoms with Crippen molar-refractivity contribution in [3.63, 3.8) is 0 Å². The molecule has 0 aliphatic heterocycles. The number of esters is 1. The van der Waals surface area contributed by atoms with Gasteiger partial charge in [0.25, 0.3) is 0 Å². The summed E-state index contributed by atoms with van der Waals surface area (Å²) in [5, 5.41) is 3.50. The summed E-state index contributed by atoms with van der Waals surface area (Å²) in [5.74, 6) is 1.22. The zero-order valence-corrected chi connectivity index (χ0v) is 19.4. The Bertz CT molecular complexity index is 949. The normalized spacial score (nSPS) is 10.4. The lowest BCUT2D eigenvalue weighted by molar-refractivity contribution is 0.0524. The molecule has 6 nitrogen and oxygen atoms in total. The summed E-state index contributed by atoms with van der Waals surface area (Å²) in [6, 6.07) is 9.87. The SMILES string of the molecule is CCOC(=O)c1c(C)[nH]cccc(OC)c(CNCCc2cc(OC)ccc2C)c1C. The molecular formula is C25H34N2O4. The van der Waals surface area contributed by atoms with Crippen LogP contribution in [-0.4, -0.2) is 38.3 Å². The molecule has 0 saturated carbocycles. The van der Waals surface area contributed by atoms with Gasteiger partial charge in [-0.25, -0.2) is 4.79 Å². The van der Waals surface area contributed by atoms with E-state index < -0.39 is 0 Å². The number of methoxy groups -OCH3 is 2. The van der Waals surface area contributed by atoms with Crippen LogP contribution in [0.25, 0.3) is 0 Å². The molecule has 0 aliphatic carbocycles. The van der Waals surface area contributed by atoms with Crippen LogP contribution in [0, 0.1) is 20.8 Å². The van der Waals surface area contributed by atoms with Gasteiger partial charge in [-0.2, -0.15) is 0 Å². The van der Waals surface area contributed by atoms with Crippen molar-refractivity contribution in [2.75, 3.05) is 27.4 Å². The fraction of sp³-hybridized carbons (Fsp3) is 0.400. The molecule has 2 rings (SSSR count). The minimum atomic E-state index is -0.347. The van der Waals surface area contributed by atoms with Crippen LogP contribution in [0.1, 0.15) is 45.2 Å². The number of aryl methyl sites for hydroxylation is 2. The Labute approximate surface area is 185 Å². The second-order valence-electron chi connectivity index (χ2n) is 7.28. The Kier molecular flexibility index (Phi) is 9.40. The lowest BCUT2D eigenvalue weighted by atomic mass is 10.0. The molecule has 2 N–H and O–H groups in total. The molecule has 0 bridgehead atoms. The fourth-order valence-corrected chi connectivity index (χ4v) is 3.50. The molecular weight excluding hydrogens is 392 g/mol. The second kappa shape index (κ2) is 12.0. The Balaban J connectivity index is 2.33. The first-order chi connectivity index (χ1) is 14.9. The summed E-state index contributed by atoms with van der Waals surface area (Å²) in [4.78, 5) is 15.8. The number of hydrogen-bond acceptors (Lipinski definition) is 5. The number of hydrogen-bond donors (Lipinski definition) is 2. The van der Waals surface area contributed by atoms with E-state index in [4.69, 9.17) is 14.2 Å². The van der Waals surface area contributed by atoms with Crippen LogP contribution in [0.5, 0.6) is 11.5 Å². The smallest absolute Gasteiger partial charge is 0.340 e. The molecule has 0 aliphatic rings. The molecule has 0 fully saturated rings. The number of carbonyl (C=O) groups excluding carboxylic acids is 1. The molecule has 0 unspecified atom stereocenters. The predicted octanol–water partition coefficient (Wildman–Crippen LogP) is 4.59. The quantitative estimate of drug-likeness (QED) is 0.453. The summed E-state index contributed by atoms with van der Waals surface area (Å²) >= 11 is 0. The molecule has 2 aromatic rings. The Morgan fingerprint density at radius 2 is 1.87 bits per heavy atom. The first-order valence-electron chi connectivity index (χ1n) is 10.5. The minimum absolute atomic E-state index is 0.319. The van der Waals surface area contributed by atoms with E-state index >= 15 is 0 Å². The molecule has 168 valence electrons. The molecule has 31 heavy (non-hydrogen) atoms. The number of rotatable bonds is 9. The van der Waals surface area contributed by atoms with Gasteiger partial charge in [0.15, 0.2) is 0 Å². The molecule has 0 radical (unpaired) electrons. The standard InChI is InChI=1S/C25H34N2O4/c1-7-31-25(28)24-18(3)22(23(30-6)9-8-13-27-19(24)4)16-26-14-12-20-15-21(29-5)11-10-17(20)2/h8-11,13,15,26-27H,7,12,14,16H2,1-6H3. The first-order valence-corrected chi connectivity index (χ1v) is 10.5. The number of benzene rings is 1.